The van der Waals surface area contributed by atoms with Gasteiger partial charge in [0, 0.05) is 12.3 Å². The Bertz CT molecular complexity index is 266. The van der Waals surface area contributed by atoms with Gasteiger partial charge < -0.3 is 4.74 Å². The third-order valence-electron chi connectivity index (χ3n) is 1.56. The van der Waals surface area contributed by atoms with E-state index in [1.54, 1.807) is 12.3 Å². The molecule has 2 nitrogen and oxygen atoms in total. The molecule has 0 aliphatic heterocycles. The Labute approximate surface area is 75.6 Å². The molecule has 13 heavy (non-hydrogen) atoms. The van der Waals surface area contributed by atoms with E-state index in [4.69, 9.17) is 4.74 Å². The number of hydrogen-bond donors (Lipinski definition) is 0. The van der Waals surface area contributed by atoms with E-state index in [-0.39, 0.29) is 5.88 Å². The summed E-state index contributed by atoms with van der Waals surface area (Å²) in [6.07, 6.45) is -0.0557. The summed E-state index contributed by atoms with van der Waals surface area (Å²) in [7, 11) is 0. The molecule has 0 atom stereocenters. The standard InChI is InChI=1S/C9H11F2NO/c1-2-7-3-4-12-9(5-7)13-6-8(10)11/h3-5,8H,2,6H2,1H3. The van der Waals surface area contributed by atoms with Crippen molar-refractivity contribution < 1.29 is 13.5 Å². The van der Waals surface area contributed by atoms with Gasteiger partial charge in [0.2, 0.25) is 5.88 Å². The highest BCUT2D eigenvalue weighted by Gasteiger charge is 2.04. The van der Waals surface area contributed by atoms with Gasteiger partial charge in [-0.05, 0) is 18.1 Å². The van der Waals surface area contributed by atoms with Crippen molar-refractivity contribution in [3.05, 3.63) is 23.9 Å². The van der Waals surface area contributed by atoms with Crippen LogP contribution in [0.15, 0.2) is 18.3 Å². The van der Waals surface area contributed by atoms with Crippen LogP contribution in [0.25, 0.3) is 0 Å². The van der Waals surface area contributed by atoms with Gasteiger partial charge in [-0.3, -0.25) is 0 Å². The molecule has 0 saturated carbocycles. The first-order valence-corrected chi connectivity index (χ1v) is 4.08. The normalized spacial score (nSPS) is 10.5. The van der Waals surface area contributed by atoms with Crippen LogP contribution in [0.3, 0.4) is 0 Å². The first-order valence-electron chi connectivity index (χ1n) is 4.08. The van der Waals surface area contributed by atoms with Crippen LogP contribution in [0.5, 0.6) is 5.88 Å². The number of nitrogens with zero attached hydrogens (tertiary/aromatic N) is 1. The van der Waals surface area contributed by atoms with E-state index >= 15 is 0 Å². The third kappa shape index (κ3) is 3.36. The molecule has 0 spiro atoms. The molecule has 0 radical (unpaired) electrons. The van der Waals surface area contributed by atoms with E-state index < -0.39 is 13.0 Å². The molecule has 0 N–H and O–H groups in total. The predicted molar refractivity (Wildman–Crippen MR) is 45.1 cm³/mol. The number of pyridine rings is 1. The van der Waals surface area contributed by atoms with Crippen LogP contribution < -0.4 is 4.74 Å². The van der Waals surface area contributed by atoms with E-state index in [2.05, 4.69) is 4.98 Å². The Kier molecular flexibility index (Phi) is 3.61. The third-order valence-corrected chi connectivity index (χ3v) is 1.56. The Morgan fingerprint density at radius 2 is 2.31 bits per heavy atom. The SMILES string of the molecule is CCc1ccnc(OCC(F)F)c1. The molecule has 0 unspecified atom stereocenters. The summed E-state index contributed by atoms with van der Waals surface area (Å²) in [5.41, 5.74) is 1.03. The van der Waals surface area contributed by atoms with E-state index in [0.717, 1.165) is 12.0 Å². The number of hydrogen-bond acceptors (Lipinski definition) is 2. The first kappa shape index (κ1) is 9.89. The van der Waals surface area contributed by atoms with Crippen molar-refractivity contribution in [3.63, 3.8) is 0 Å². The molecule has 1 heterocycles. The van der Waals surface area contributed by atoms with Crippen molar-refractivity contribution >= 4 is 0 Å². The lowest BCUT2D eigenvalue weighted by atomic mass is 10.2. The molecular weight excluding hydrogens is 176 g/mol. The average Bonchev–Trinajstić information content (AvgIpc) is 2.15. The highest BCUT2D eigenvalue weighted by atomic mass is 19.3. The average molecular weight is 187 g/mol. The van der Waals surface area contributed by atoms with Gasteiger partial charge in [0.05, 0.1) is 0 Å². The topological polar surface area (TPSA) is 22.1 Å². The van der Waals surface area contributed by atoms with Gasteiger partial charge in [-0.2, -0.15) is 0 Å². The zero-order valence-electron chi connectivity index (χ0n) is 7.34. The minimum atomic E-state index is -2.45. The minimum absolute atomic E-state index is 0.264. The van der Waals surface area contributed by atoms with Crippen molar-refractivity contribution in [2.24, 2.45) is 0 Å². The Balaban J connectivity index is 2.56. The van der Waals surface area contributed by atoms with Crippen LogP contribution in [0.1, 0.15) is 12.5 Å². The number of aryl methyl sites for hydroxylation is 1. The molecule has 4 heteroatoms. The first-order chi connectivity index (χ1) is 6.22. The molecule has 0 saturated heterocycles. The summed E-state index contributed by atoms with van der Waals surface area (Å²) < 4.78 is 28.2. The summed E-state index contributed by atoms with van der Waals surface area (Å²) >= 11 is 0. The molecule has 1 aromatic heterocycles. The highest BCUT2D eigenvalue weighted by Crippen LogP contribution is 2.10. The van der Waals surface area contributed by atoms with Crippen molar-refractivity contribution in [2.45, 2.75) is 19.8 Å². The molecule has 72 valence electrons. The number of ether oxygens (including phenoxy) is 1. The maximum absolute atomic E-state index is 11.8. The Morgan fingerprint density at radius 1 is 1.54 bits per heavy atom. The number of alkyl halides is 2. The number of aromatic nitrogens is 1. The smallest absolute Gasteiger partial charge is 0.272 e. The fourth-order valence-electron chi connectivity index (χ4n) is 0.898. The van der Waals surface area contributed by atoms with Crippen LogP contribution in [-0.4, -0.2) is 18.0 Å². The van der Waals surface area contributed by atoms with Gasteiger partial charge in [0.25, 0.3) is 6.43 Å². The van der Waals surface area contributed by atoms with Gasteiger partial charge in [-0.1, -0.05) is 6.92 Å². The highest BCUT2D eigenvalue weighted by molar-refractivity contribution is 5.20. The minimum Gasteiger partial charge on any atom is -0.472 e. The zero-order valence-corrected chi connectivity index (χ0v) is 7.34. The van der Waals surface area contributed by atoms with Gasteiger partial charge in [-0.25, -0.2) is 13.8 Å². The monoisotopic (exact) mass is 187 g/mol. The lowest BCUT2D eigenvalue weighted by Gasteiger charge is -2.04. The van der Waals surface area contributed by atoms with Gasteiger partial charge >= 0.3 is 0 Å². The second-order valence-electron chi connectivity index (χ2n) is 2.56. The molecule has 0 amide bonds. The van der Waals surface area contributed by atoms with E-state index in [0.29, 0.717) is 0 Å². The molecule has 0 aliphatic rings. The van der Waals surface area contributed by atoms with E-state index in [1.165, 1.54) is 0 Å². The van der Waals surface area contributed by atoms with Gasteiger partial charge in [0.15, 0.2) is 6.61 Å². The summed E-state index contributed by atoms with van der Waals surface area (Å²) in [5.74, 6) is 0.264. The summed E-state index contributed by atoms with van der Waals surface area (Å²) in [6.45, 7) is 1.38. The van der Waals surface area contributed by atoms with E-state index in [9.17, 15) is 8.78 Å². The largest absolute Gasteiger partial charge is 0.472 e. The molecule has 1 rings (SSSR count). The molecule has 0 aliphatic carbocycles. The zero-order chi connectivity index (χ0) is 9.68. The quantitative estimate of drug-likeness (QED) is 0.721. The van der Waals surface area contributed by atoms with Crippen LogP contribution in [0, 0.1) is 0 Å². The second-order valence-corrected chi connectivity index (χ2v) is 2.56. The molecule has 1 aromatic rings. The number of rotatable bonds is 4. The number of halogens is 2. The maximum Gasteiger partial charge on any atom is 0.272 e. The summed E-state index contributed by atoms with van der Waals surface area (Å²) in [4.78, 5) is 3.80. The van der Waals surface area contributed by atoms with E-state index in [1.807, 2.05) is 13.0 Å². The van der Waals surface area contributed by atoms with Crippen molar-refractivity contribution in [1.82, 2.24) is 4.98 Å². The fraction of sp³-hybridized carbons (Fsp3) is 0.444. The fourth-order valence-corrected chi connectivity index (χ4v) is 0.898. The molecule has 0 fully saturated rings. The van der Waals surface area contributed by atoms with Crippen LogP contribution in [-0.2, 0) is 6.42 Å². The van der Waals surface area contributed by atoms with Gasteiger partial charge in [0.1, 0.15) is 0 Å². The lowest BCUT2D eigenvalue weighted by Crippen LogP contribution is -2.07. The van der Waals surface area contributed by atoms with Gasteiger partial charge in [-0.15, -0.1) is 0 Å². The van der Waals surface area contributed by atoms with Crippen molar-refractivity contribution in [3.8, 4) is 5.88 Å². The molecular formula is C9H11F2NO. The van der Waals surface area contributed by atoms with Crippen molar-refractivity contribution in [2.75, 3.05) is 6.61 Å². The maximum atomic E-state index is 11.8. The van der Waals surface area contributed by atoms with Crippen LogP contribution in [0.4, 0.5) is 8.78 Å². The Morgan fingerprint density at radius 3 is 2.92 bits per heavy atom. The van der Waals surface area contributed by atoms with Crippen molar-refractivity contribution in [1.29, 1.82) is 0 Å². The second kappa shape index (κ2) is 4.74. The van der Waals surface area contributed by atoms with Crippen LogP contribution >= 0.6 is 0 Å². The van der Waals surface area contributed by atoms with Crippen LogP contribution in [0.2, 0.25) is 0 Å². The molecule has 0 aromatic carbocycles. The Hall–Kier alpha value is -1.19. The summed E-state index contributed by atoms with van der Waals surface area (Å²) in [6, 6.07) is 3.50. The predicted octanol–water partition coefficient (Wildman–Crippen LogP) is 2.29. The lowest BCUT2D eigenvalue weighted by molar-refractivity contribution is 0.0795. The summed E-state index contributed by atoms with van der Waals surface area (Å²) in [5, 5.41) is 0. The molecule has 0 bridgehead atoms.